The topological polar surface area (TPSA) is 35.5 Å². The third-order valence-corrected chi connectivity index (χ3v) is 4.52. The monoisotopic (exact) mass is 296 g/mol. The molecule has 106 valence electrons. The Kier molecular flexibility index (Phi) is 5.12. The van der Waals surface area contributed by atoms with Crippen LogP contribution < -0.4 is 0 Å². The van der Waals surface area contributed by atoms with Crippen molar-refractivity contribution in [1.82, 2.24) is 0 Å². The summed E-state index contributed by atoms with van der Waals surface area (Å²) in [7, 11) is -1.38. The molecular formula is C14H24O3Si2. The van der Waals surface area contributed by atoms with Gasteiger partial charge in [-0.15, -0.1) is 0 Å². The number of carbonyl (C=O) groups is 1. The average Bonchev–Trinajstić information content (AvgIpc) is 2.27. The molecule has 0 heterocycles. The first-order valence-electron chi connectivity index (χ1n) is 6.49. The van der Waals surface area contributed by atoms with Gasteiger partial charge in [0.25, 0.3) is 0 Å². The first-order chi connectivity index (χ1) is 8.67. The first-order valence-corrected chi connectivity index (χ1v) is 10.7. The normalized spacial score (nSPS) is 13.4. The van der Waals surface area contributed by atoms with E-state index in [9.17, 15) is 4.79 Å². The van der Waals surface area contributed by atoms with Crippen molar-refractivity contribution in [3.63, 3.8) is 0 Å². The summed E-state index contributed by atoms with van der Waals surface area (Å²) in [5.41, 5.74) is 4.49. The molecule has 0 aliphatic heterocycles. The second-order valence-corrected chi connectivity index (χ2v) is 10.8. The number of aryl methyl sites for hydroxylation is 1. The highest BCUT2D eigenvalue weighted by Gasteiger charge is 2.28. The minimum atomic E-state index is -1.89. The fourth-order valence-electron chi connectivity index (χ4n) is 1.97. The largest absolute Gasteiger partial charge is 0.518 e. The highest BCUT2D eigenvalue weighted by atomic mass is 28.4. The van der Waals surface area contributed by atoms with Crippen LogP contribution in [-0.4, -0.2) is 24.8 Å². The van der Waals surface area contributed by atoms with Crippen LogP contribution >= 0.6 is 0 Å². The van der Waals surface area contributed by atoms with Crippen molar-refractivity contribution in [3.8, 4) is 0 Å². The van der Waals surface area contributed by atoms with Crippen molar-refractivity contribution in [3.05, 3.63) is 34.4 Å². The van der Waals surface area contributed by atoms with Crippen molar-refractivity contribution >= 4 is 24.8 Å². The second kappa shape index (κ2) is 6.02. The highest BCUT2D eigenvalue weighted by molar-refractivity contribution is 6.71. The van der Waals surface area contributed by atoms with E-state index in [0.717, 1.165) is 11.1 Å². The molecule has 0 spiro atoms. The number of hydrogen-bond donors (Lipinski definition) is 0. The molecule has 5 heteroatoms. The second-order valence-electron chi connectivity index (χ2n) is 5.87. The van der Waals surface area contributed by atoms with Crippen molar-refractivity contribution in [2.24, 2.45) is 0 Å². The van der Waals surface area contributed by atoms with Gasteiger partial charge in [-0.25, -0.2) is 0 Å². The van der Waals surface area contributed by atoms with E-state index in [4.69, 9.17) is 8.85 Å². The van der Waals surface area contributed by atoms with E-state index < -0.39 is 14.4 Å². The lowest BCUT2D eigenvalue weighted by atomic mass is 9.96. The molecule has 0 aromatic heterocycles. The molecule has 0 saturated heterocycles. The van der Waals surface area contributed by atoms with Crippen LogP contribution in [0.15, 0.2) is 12.1 Å². The average molecular weight is 297 g/mol. The molecule has 0 radical (unpaired) electrons. The molecule has 1 rings (SSSR count). The van der Waals surface area contributed by atoms with Gasteiger partial charge in [0.1, 0.15) is 10.5 Å². The van der Waals surface area contributed by atoms with E-state index in [-0.39, 0.29) is 5.97 Å². The van der Waals surface area contributed by atoms with E-state index in [2.05, 4.69) is 13.8 Å². The summed E-state index contributed by atoms with van der Waals surface area (Å²) in [6, 6.07) is 4.01. The Hall–Kier alpha value is -0.916. The van der Waals surface area contributed by atoms with E-state index in [1.54, 1.807) is 0 Å². The Morgan fingerprint density at radius 3 is 2.21 bits per heavy atom. The van der Waals surface area contributed by atoms with Crippen LogP contribution in [0.2, 0.25) is 19.6 Å². The van der Waals surface area contributed by atoms with Crippen molar-refractivity contribution in [2.75, 3.05) is 0 Å². The van der Waals surface area contributed by atoms with Gasteiger partial charge < -0.3 is 8.85 Å². The standard InChI is InChI=1S/C14H24O3Si2/c1-9-7-8-12(11(3)10(9)2)13(16-18)14(15)17-19(4,5)6/h7-8,13H,1-6,18H3/t13-/m0/s1. The molecule has 0 fully saturated rings. The van der Waals surface area contributed by atoms with Gasteiger partial charge in [0.05, 0.1) is 0 Å². The quantitative estimate of drug-likeness (QED) is 0.800. The molecule has 0 aliphatic carbocycles. The van der Waals surface area contributed by atoms with Gasteiger partial charge in [-0.1, -0.05) is 12.1 Å². The molecule has 0 N–H and O–H groups in total. The van der Waals surface area contributed by atoms with Gasteiger partial charge in [-0.05, 0) is 62.7 Å². The Bertz CT molecular complexity index is 478. The van der Waals surface area contributed by atoms with Gasteiger partial charge in [0, 0.05) is 0 Å². The summed E-state index contributed by atoms with van der Waals surface area (Å²) in [6.07, 6.45) is -0.572. The fraction of sp³-hybridized carbons (Fsp3) is 0.500. The van der Waals surface area contributed by atoms with E-state index in [1.807, 2.05) is 38.7 Å². The Balaban J connectivity index is 3.11. The highest BCUT2D eigenvalue weighted by Crippen LogP contribution is 2.27. The molecule has 0 saturated carbocycles. The number of carbonyl (C=O) groups excluding carboxylic acids is 1. The maximum Gasteiger partial charge on any atom is 0.325 e. The van der Waals surface area contributed by atoms with Crippen LogP contribution in [0.4, 0.5) is 0 Å². The third-order valence-electron chi connectivity index (χ3n) is 3.24. The number of hydrogen-bond acceptors (Lipinski definition) is 3. The fourth-order valence-corrected chi connectivity index (χ4v) is 3.12. The van der Waals surface area contributed by atoms with Crippen LogP contribution in [0, 0.1) is 20.8 Å². The third kappa shape index (κ3) is 4.02. The van der Waals surface area contributed by atoms with Crippen LogP contribution in [0.3, 0.4) is 0 Å². The minimum Gasteiger partial charge on any atom is -0.518 e. The Morgan fingerprint density at radius 1 is 1.16 bits per heavy atom. The maximum atomic E-state index is 12.2. The summed E-state index contributed by atoms with van der Waals surface area (Å²) in [5, 5.41) is 0. The maximum absolute atomic E-state index is 12.2. The van der Waals surface area contributed by atoms with Crippen LogP contribution in [0.25, 0.3) is 0 Å². The summed E-state index contributed by atoms with van der Waals surface area (Å²) in [5.74, 6) is -0.250. The molecule has 0 aliphatic rings. The van der Waals surface area contributed by atoms with Crippen LogP contribution in [0.5, 0.6) is 0 Å². The summed E-state index contributed by atoms with van der Waals surface area (Å²) < 4.78 is 11.1. The number of benzene rings is 1. The van der Waals surface area contributed by atoms with Gasteiger partial charge >= 0.3 is 5.97 Å². The molecule has 0 amide bonds. The van der Waals surface area contributed by atoms with Crippen molar-refractivity contribution in [1.29, 1.82) is 0 Å². The number of rotatable bonds is 4. The van der Waals surface area contributed by atoms with Gasteiger partial charge in [0.2, 0.25) is 8.32 Å². The van der Waals surface area contributed by atoms with E-state index in [0.29, 0.717) is 10.5 Å². The Morgan fingerprint density at radius 2 is 1.74 bits per heavy atom. The van der Waals surface area contributed by atoms with Gasteiger partial charge in [-0.3, -0.25) is 4.79 Å². The molecule has 0 bridgehead atoms. The predicted molar refractivity (Wildman–Crippen MR) is 83.9 cm³/mol. The van der Waals surface area contributed by atoms with E-state index in [1.165, 1.54) is 11.1 Å². The lowest BCUT2D eigenvalue weighted by Crippen LogP contribution is -2.33. The summed E-state index contributed by atoms with van der Waals surface area (Å²) >= 11 is 0. The molecule has 19 heavy (non-hydrogen) atoms. The summed E-state index contributed by atoms with van der Waals surface area (Å²) in [6.45, 7) is 12.2. The van der Waals surface area contributed by atoms with Crippen LogP contribution in [0.1, 0.15) is 28.4 Å². The predicted octanol–water partition coefficient (Wildman–Crippen LogP) is 2.33. The van der Waals surface area contributed by atoms with Crippen molar-refractivity contribution < 1.29 is 13.6 Å². The smallest absolute Gasteiger partial charge is 0.325 e. The molecule has 1 aromatic carbocycles. The lowest BCUT2D eigenvalue weighted by molar-refractivity contribution is -0.143. The Labute approximate surface area is 120 Å². The zero-order valence-corrected chi connectivity index (χ0v) is 16.0. The molecular weight excluding hydrogens is 272 g/mol. The van der Waals surface area contributed by atoms with Gasteiger partial charge in [-0.2, -0.15) is 0 Å². The summed E-state index contributed by atoms with van der Waals surface area (Å²) in [4.78, 5) is 12.2. The SMILES string of the molecule is Cc1ccc([C@H](O[SiH3])C(=O)O[Si](C)(C)C)c(C)c1C. The zero-order valence-electron chi connectivity index (χ0n) is 13.0. The lowest BCUT2D eigenvalue weighted by Gasteiger charge is -2.24. The molecule has 1 aromatic rings. The van der Waals surface area contributed by atoms with Crippen LogP contribution in [-0.2, 0) is 13.6 Å². The van der Waals surface area contributed by atoms with Crippen molar-refractivity contribution in [2.45, 2.75) is 46.5 Å². The van der Waals surface area contributed by atoms with E-state index >= 15 is 0 Å². The molecule has 0 unspecified atom stereocenters. The van der Waals surface area contributed by atoms with Gasteiger partial charge in [0.15, 0.2) is 6.10 Å². The zero-order chi connectivity index (χ0) is 14.8. The first kappa shape index (κ1) is 16.1. The minimum absolute atomic E-state index is 0.250. The molecule has 3 nitrogen and oxygen atoms in total. The molecule has 1 atom stereocenters.